The number of carbonyl (C=O) groups is 1. The van der Waals surface area contributed by atoms with Gasteiger partial charge in [-0.25, -0.2) is 4.79 Å². The van der Waals surface area contributed by atoms with Crippen LogP contribution in [0.2, 0.25) is 5.02 Å². The summed E-state index contributed by atoms with van der Waals surface area (Å²) in [5.41, 5.74) is 7.14. The Kier molecular flexibility index (Phi) is 3.65. The van der Waals surface area contributed by atoms with Crippen LogP contribution in [-0.4, -0.2) is 20.9 Å². The van der Waals surface area contributed by atoms with Crippen molar-refractivity contribution < 1.29 is 9.90 Å². The molecule has 126 valence electrons. The molecule has 0 atom stereocenters. The van der Waals surface area contributed by atoms with Gasteiger partial charge in [0.15, 0.2) is 5.69 Å². The van der Waals surface area contributed by atoms with E-state index in [1.165, 1.54) is 5.56 Å². The largest absolute Gasteiger partial charge is 0.476 e. The molecule has 5 heteroatoms. The molecule has 0 saturated heterocycles. The van der Waals surface area contributed by atoms with Crippen molar-refractivity contribution in [3.63, 3.8) is 0 Å². The third kappa shape index (κ3) is 2.63. The molecule has 0 spiro atoms. The number of carboxylic acids is 1. The molecular formula is C20H17ClN2O2. The lowest BCUT2D eigenvalue weighted by Gasteiger charge is -2.09. The summed E-state index contributed by atoms with van der Waals surface area (Å²) in [6.45, 7) is 4.53. The minimum absolute atomic E-state index is 0.132. The van der Waals surface area contributed by atoms with E-state index in [4.69, 9.17) is 11.6 Å². The Morgan fingerprint density at radius 1 is 1.24 bits per heavy atom. The zero-order valence-electron chi connectivity index (χ0n) is 14.0. The van der Waals surface area contributed by atoms with E-state index in [1.54, 1.807) is 4.68 Å². The monoisotopic (exact) mass is 352 g/mol. The van der Waals surface area contributed by atoms with Crippen molar-refractivity contribution in [3.8, 4) is 11.3 Å². The molecule has 1 aromatic heterocycles. The summed E-state index contributed by atoms with van der Waals surface area (Å²) in [5, 5.41) is 14.6. The van der Waals surface area contributed by atoms with Crippen LogP contribution in [0.3, 0.4) is 0 Å². The van der Waals surface area contributed by atoms with Crippen LogP contribution in [0.15, 0.2) is 36.4 Å². The molecule has 0 unspecified atom stereocenters. The summed E-state index contributed by atoms with van der Waals surface area (Å²) < 4.78 is 1.79. The molecule has 2 aromatic carbocycles. The van der Waals surface area contributed by atoms with Gasteiger partial charge in [-0.2, -0.15) is 5.10 Å². The van der Waals surface area contributed by atoms with E-state index in [2.05, 4.69) is 5.10 Å². The summed E-state index contributed by atoms with van der Waals surface area (Å²) in [6.07, 6.45) is 0.582. The molecule has 0 radical (unpaired) electrons. The highest BCUT2D eigenvalue weighted by Crippen LogP contribution is 2.41. The minimum atomic E-state index is -0.991. The van der Waals surface area contributed by atoms with E-state index in [0.29, 0.717) is 18.0 Å². The van der Waals surface area contributed by atoms with Crippen LogP contribution in [0.1, 0.15) is 38.3 Å². The summed E-state index contributed by atoms with van der Waals surface area (Å²) in [6, 6.07) is 12.1. The SMILES string of the molecule is Cc1ccc(Cn2nc(C(=O)O)c3c2-c2cc(Cl)c(C)cc2C3)cc1. The number of aromatic carboxylic acids is 1. The van der Waals surface area contributed by atoms with Crippen LogP contribution >= 0.6 is 11.6 Å². The predicted molar refractivity (Wildman–Crippen MR) is 97.5 cm³/mol. The van der Waals surface area contributed by atoms with Crippen molar-refractivity contribution >= 4 is 17.6 Å². The predicted octanol–water partition coefficient (Wildman–Crippen LogP) is 4.47. The number of hydrogen-bond acceptors (Lipinski definition) is 2. The lowest BCUT2D eigenvalue weighted by molar-refractivity contribution is 0.0688. The molecule has 0 saturated carbocycles. The van der Waals surface area contributed by atoms with Crippen LogP contribution in [0.25, 0.3) is 11.3 Å². The highest BCUT2D eigenvalue weighted by Gasteiger charge is 2.30. The average molecular weight is 353 g/mol. The van der Waals surface area contributed by atoms with Gasteiger partial charge in [-0.05, 0) is 36.6 Å². The number of fused-ring (bicyclic) bond motifs is 3. The molecule has 0 fully saturated rings. The summed E-state index contributed by atoms with van der Waals surface area (Å²) >= 11 is 6.31. The van der Waals surface area contributed by atoms with Crippen LogP contribution < -0.4 is 0 Å². The van der Waals surface area contributed by atoms with Gasteiger partial charge >= 0.3 is 5.97 Å². The molecule has 1 aliphatic carbocycles. The first-order valence-electron chi connectivity index (χ1n) is 8.12. The molecule has 0 aliphatic heterocycles. The topological polar surface area (TPSA) is 55.1 Å². The van der Waals surface area contributed by atoms with Crippen molar-refractivity contribution in [2.45, 2.75) is 26.8 Å². The molecule has 0 amide bonds. The maximum atomic E-state index is 11.7. The van der Waals surface area contributed by atoms with Gasteiger partial charge in [-0.3, -0.25) is 4.68 Å². The number of hydrogen-bond donors (Lipinski definition) is 1. The second-order valence-corrected chi connectivity index (χ2v) is 6.97. The summed E-state index contributed by atoms with van der Waals surface area (Å²) in [5.74, 6) is -0.991. The van der Waals surface area contributed by atoms with Crippen LogP contribution in [-0.2, 0) is 13.0 Å². The first kappa shape index (κ1) is 15.9. The number of aryl methyl sites for hydroxylation is 2. The molecule has 1 N–H and O–H groups in total. The van der Waals surface area contributed by atoms with E-state index in [0.717, 1.165) is 33.5 Å². The Labute approximate surface area is 150 Å². The molecule has 1 aliphatic rings. The van der Waals surface area contributed by atoms with Gasteiger partial charge in [0.25, 0.3) is 0 Å². The van der Waals surface area contributed by atoms with Gasteiger partial charge in [0, 0.05) is 22.6 Å². The number of halogens is 1. The van der Waals surface area contributed by atoms with Gasteiger partial charge in [0.05, 0.1) is 12.2 Å². The van der Waals surface area contributed by atoms with Gasteiger partial charge in [0.2, 0.25) is 0 Å². The zero-order valence-corrected chi connectivity index (χ0v) is 14.8. The fourth-order valence-corrected chi connectivity index (χ4v) is 3.58. The van der Waals surface area contributed by atoms with Crippen molar-refractivity contribution in [1.29, 1.82) is 0 Å². The molecular weight excluding hydrogens is 336 g/mol. The second kappa shape index (κ2) is 5.74. The number of carboxylic acid groups (broad SMARTS) is 1. The fraction of sp³-hybridized carbons (Fsp3) is 0.200. The standard InChI is InChI=1S/C20H17ClN2O2/c1-11-3-5-13(6-4-11)10-23-19-15-9-17(21)12(2)7-14(15)8-16(19)18(22-23)20(24)25/h3-7,9H,8,10H2,1-2H3,(H,24,25). The Hall–Kier alpha value is -2.59. The van der Waals surface area contributed by atoms with Crippen molar-refractivity contribution in [2.24, 2.45) is 0 Å². The first-order chi connectivity index (χ1) is 11.9. The van der Waals surface area contributed by atoms with Crippen molar-refractivity contribution in [2.75, 3.05) is 0 Å². The Morgan fingerprint density at radius 3 is 2.64 bits per heavy atom. The van der Waals surface area contributed by atoms with E-state index < -0.39 is 5.97 Å². The van der Waals surface area contributed by atoms with Gasteiger partial charge in [-0.1, -0.05) is 47.5 Å². The molecule has 3 aromatic rings. The summed E-state index contributed by atoms with van der Waals surface area (Å²) in [7, 11) is 0. The number of benzene rings is 2. The molecule has 4 nitrogen and oxygen atoms in total. The van der Waals surface area contributed by atoms with Crippen LogP contribution in [0.4, 0.5) is 0 Å². The number of rotatable bonds is 3. The summed E-state index contributed by atoms with van der Waals surface area (Å²) in [4.78, 5) is 11.7. The Bertz CT molecular complexity index is 1000. The highest BCUT2D eigenvalue weighted by atomic mass is 35.5. The molecule has 4 rings (SSSR count). The second-order valence-electron chi connectivity index (χ2n) is 6.56. The highest BCUT2D eigenvalue weighted by molar-refractivity contribution is 6.31. The van der Waals surface area contributed by atoms with Crippen LogP contribution in [0.5, 0.6) is 0 Å². The molecule has 1 heterocycles. The van der Waals surface area contributed by atoms with E-state index in [1.807, 2.05) is 50.2 Å². The maximum absolute atomic E-state index is 11.7. The lowest BCUT2D eigenvalue weighted by atomic mass is 10.1. The first-order valence-corrected chi connectivity index (χ1v) is 8.49. The smallest absolute Gasteiger partial charge is 0.356 e. The number of nitrogens with zero attached hydrogens (tertiary/aromatic N) is 2. The zero-order chi connectivity index (χ0) is 17.7. The van der Waals surface area contributed by atoms with E-state index in [-0.39, 0.29) is 5.69 Å². The van der Waals surface area contributed by atoms with Crippen LogP contribution in [0, 0.1) is 13.8 Å². The number of aromatic nitrogens is 2. The van der Waals surface area contributed by atoms with Crippen molar-refractivity contribution in [3.05, 3.63) is 74.9 Å². The Morgan fingerprint density at radius 2 is 1.96 bits per heavy atom. The average Bonchev–Trinajstić information content (AvgIpc) is 3.08. The van der Waals surface area contributed by atoms with Gasteiger partial charge in [0.1, 0.15) is 0 Å². The van der Waals surface area contributed by atoms with Gasteiger partial charge < -0.3 is 5.11 Å². The van der Waals surface area contributed by atoms with E-state index in [9.17, 15) is 9.90 Å². The fourth-order valence-electron chi connectivity index (χ4n) is 3.42. The molecule has 25 heavy (non-hydrogen) atoms. The van der Waals surface area contributed by atoms with Gasteiger partial charge in [-0.15, -0.1) is 0 Å². The quantitative estimate of drug-likeness (QED) is 0.591. The minimum Gasteiger partial charge on any atom is -0.476 e. The molecule has 0 bridgehead atoms. The van der Waals surface area contributed by atoms with E-state index >= 15 is 0 Å². The third-order valence-electron chi connectivity index (χ3n) is 4.71. The van der Waals surface area contributed by atoms with Crippen molar-refractivity contribution in [1.82, 2.24) is 9.78 Å². The Balaban J connectivity index is 1.86. The third-order valence-corrected chi connectivity index (χ3v) is 5.12. The normalized spacial score (nSPS) is 12.1. The maximum Gasteiger partial charge on any atom is 0.356 e. The lowest BCUT2D eigenvalue weighted by Crippen LogP contribution is -2.07.